The van der Waals surface area contributed by atoms with Crippen molar-refractivity contribution in [2.75, 3.05) is 39.8 Å². The molecule has 1 aromatic rings. The number of guanidine groups is 1. The Labute approximate surface area is 157 Å². The van der Waals surface area contributed by atoms with Gasteiger partial charge in [0.2, 0.25) is 0 Å². The number of halogens is 1. The second-order valence-electron chi connectivity index (χ2n) is 5.92. The highest BCUT2D eigenvalue weighted by Crippen LogP contribution is 2.19. The van der Waals surface area contributed by atoms with Gasteiger partial charge >= 0.3 is 0 Å². The van der Waals surface area contributed by atoms with Crippen molar-refractivity contribution in [1.29, 1.82) is 0 Å². The Kier molecular flexibility index (Phi) is 10.3. The molecule has 0 atom stereocenters. The van der Waals surface area contributed by atoms with Crippen LogP contribution in [-0.4, -0.2) is 50.6 Å². The number of rotatable bonds is 7. The van der Waals surface area contributed by atoms with E-state index in [-0.39, 0.29) is 24.0 Å². The minimum Gasteiger partial charge on any atom is -0.469 e. The average Bonchev–Trinajstić information content (AvgIpc) is 3.07. The van der Waals surface area contributed by atoms with E-state index >= 15 is 0 Å². The van der Waals surface area contributed by atoms with Crippen LogP contribution in [0.2, 0.25) is 0 Å². The molecule has 0 aliphatic carbocycles. The van der Waals surface area contributed by atoms with Crippen LogP contribution in [0.3, 0.4) is 0 Å². The first-order chi connectivity index (χ1) is 10.8. The number of aliphatic imine (C=N–C) groups is 1. The molecule has 1 aromatic heterocycles. The molecule has 0 bridgehead atoms. The minimum absolute atomic E-state index is 0. The SMILES string of the molecule is CCN1CCC(CCNC(=NC)NCCc2ccco2)CC1.I. The predicted octanol–water partition coefficient (Wildman–Crippen LogP) is 2.73. The van der Waals surface area contributed by atoms with Crippen molar-refractivity contribution in [3.8, 4) is 0 Å². The number of furan rings is 1. The predicted molar refractivity (Wildman–Crippen MR) is 107 cm³/mol. The summed E-state index contributed by atoms with van der Waals surface area (Å²) in [5.41, 5.74) is 0. The Morgan fingerprint density at radius 2 is 2.04 bits per heavy atom. The molecular weight excluding hydrogens is 403 g/mol. The molecule has 6 heteroatoms. The molecule has 0 aromatic carbocycles. The minimum atomic E-state index is 0. The fourth-order valence-corrected chi connectivity index (χ4v) is 2.97. The van der Waals surface area contributed by atoms with Crippen LogP contribution in [0.25, 0.3) is 0 Å². The van der Waals surface area contributed by atoms with E-state index in [1.54, 1.807) is 6.26 Å². The van der Waals surface area contributed by atoms with Gasteiger partial charge in [-0.3, -0.25) is 4.99 Å². The Bertz CT molecular complexity index is 428. The molecule has 1 aliphatic heterocycles. The van der Waals surface area contributed by atoms with E-state index in [0.29, 0.717) is 0 Å². The summed E-state index contributed by atoms with van der Waals surface area (Å²) in [6.07, 6.45) is 6.49. The number of nitrogens with one attached hydrogen (secondary N) is 2. The average molecular weight is 434 g/mol. The molecule has 2 N–H and O–H groups in total. The van der Waals surface area contributed by atoms with E-state index in [1.807, 2.05) is 19.2 Å². The van der Waals surface area contributed by atoms with Gasteiger partial charge in [-0.15, -0.1) is 24.0 Å². The van der Waals surface area contributed by atoms with Gasteiger partial charge in [-0.2, -0.15) is 0 Å². The normalized spacial score (nSPS) is 16.9. The molecule has 0 amide bonds. The third-order valence-corrected chi connectivity index (χ3v) is 4.47. The Hall–Kier alpha value is -0.760. The van der Waals surface area contributed by atoms with Crippen LogP contribution in [0.1, 0.15) is 31.9 Å². The van der Waals surface area contributed by atoms with Crippen LogP contribution in [0.15, 0.2) is 27.8 Å². The van der Waals surface area contributed by atoms with Crippen molar-refractivity contribution in [1.82, 2.24) is 15.5 Å². The summed E-state index contributed by atoms with van der Waals surface area (Å²) in [6, 6.07) is 3.92. The Morgan fingerprint density at radius 3 is 2.65 bits per heavy atom. The van der Waals surface area contributed by atoms with E-state index in [9.17, 15) is 0 Å². The summed E-state index contributed by atoms with van der Waals surface area (Å²) >= 11 is 0. The standard InChI is InChI=1S/C17H30N4O.HI/c1-3-21-12-8-15(9-13-21)6-10-19-17(18-2)20-11-7-16-5-4-14-22-16;/h4-5,14-15H,3,6-13H2,1-2H3,(H2,18,19,20);1H. The fourth-order valence-electron chi connectivity index (χ4n) is 2.97. The summed E-state index contributed by atoms with van der Waals surface area (Å²) in [4.78, 5) is 6.81. The van der Waals surface area contributed by atoms with Gasteiger partial charge in [0.1, 0.15) is 5.76 Å². The number of likely N-dealkylation sites (tertiary alicyclic amines) is 1. The molecule has 23 heavy (non-hydrogen) atoms. The highest BCUT2D eigenvalue weighted by atomic mass is 127. The van der Waals surface area contributed by atoms with Gasteiger partial charge in [0.15, 0.2) is 5.96 Å². The first-order valence-electron chi connectivity index (χ1n) is 8.51. The first-order valence-corrected chi connectivity index (χ1v) is 8.51. The van der Waals surface area contributed by atoms with Gasteiger partial charge < -0.3 is 20.0 Å². The van der Waals surface area contributed by atoms with Crippen LogP contribution >= 0.6 is 24.0 Å². The summed E-state index contributed by atoms with van der Waals surface area (Å²) in [5, 5.41) is 6.75. The van der Waals surface area contributed by atoms with Gasteiger partial charge in [-0.05, 0) is 56.9 Å². The molecule has 1 aliphatic rings. The van der Waals surface area contributed by atoms with Crippen molar-refractivity contribution >= 4 is 29.9 Å². The lowest BCUT2D eigenvalue weighted by Gasteiger charge is -2.31. The molecule has 132 valence electrons. The molecule has 0 spiro atoms. The molecule has 0 unspecified atom stereocenters. The quantitative estimate of drug-likeness (QED) is 0.394. The van der Waals surface area contributed by atoms with Crippen molar-refractivity contribution in [2.24, 2.45) is 10.9 Å². The van der Waals surface area contributed by atoms with Gasteiger partial charge in [0, 0.05) is 26.6 Å². The topological polar surface area (TPSA) is 52.8 Å². The third-order valence-electron chi connectivity index (χ3n) is 4.47. The van der Waals surface area contributed by atoms with Crippen LogP contribution in [0.5, 0.6) is 0 Å². The highest BCUT2D eigenvalue weighted by Gasteiger charge is 2.17. The first kappa shape index (κ1) is 20.3. The summed E-state index contributed by atoms with van der Waals surface area (Å²) in [5.74, 6) is 2.75. The molecule has 1 fully saturated rings. The van der Waals surface area contributed by atoms with Crippen molar-refractivity contribution in [2.45, 2.75) is 32.6 Å². The smallest absolute Gasteiger partial charge is 0.190 e. The van der Waals surface area contributed by atoms with Gasteiger partial charge in [0.05, 0.1) is 6.26 Å². The zero-order valence-electron chi connectivity index (χ0n) is 14.4. The lowest BCUT2D eigenvalue weighted by molar-refractivity contribution is 0.187. The maximum Gasteiger partial charge on any atom is 0.190 e. The van der Waals surface area contributed by atoms with Crippen LogP contribution in [0, 0.1) is 5.92 Å². The summed E-state index contributed by atoms with van der Waals surface area (Å²) < 4.78 is 5.32. The maximum absolute atomic E-state index is 5.32. The van der Waals surface area contributed by atoms with E-state index in [0.717, 1.165) is 37.1 Å². The van der Waals surface area contributed by atoms with Gasteiger partial charge in [-0.25, -0.2) is 0 Å². The van der Waals surface area contributed by atoms with E-state index in [2.05, 4.69) is 27.4 Å². The Morgan fingerprint density at radius 1 is 1.30 bits per heavy atom. The van der Waals surface area contributed by atoms with Crippen molar-refractivity contribution < 1.29 is 4.42 Å². The van der Waals surface area contributed by atoms with Crippen LogP contribution in [-0.2, 0) is 6.42 Å². The summed E-state index contributed by atoms with van der Waals surface area (Å²) in [7, 11) is 1.82. The number of piperidine rings is 1. The van der Waals surface area contributed by atoms with E-state index in [1.165, 1.54) is 38.9 Å². The van der Waals surface area contributed by atoms with E-state index in [4.69, 9.17) is 4.42 Å². The van der Waals surface area contributed by atoms with Crippen molar-refractivity contribution in [3.05, 3.63) is 24.2 Å². The highest BCUT2D eigenvalue weighted by molar-refractivity contribution is 14.0. The molecular formula is C17H31IN4O. The monoisotopic (exact) mass is 434 g/mol. The second-order valence-corrected chi connectivity index (χ2v) is 5.92. The van der Waals surface area contributed by atoms with E-state index < -0.39 is 0 Å². The molecule has 2 rings (SSSR count). The largest absolute Gasteiger partial charge is 0.469 e. The number of hydrogen-bond donors (Lipinski definition) is 2. The lowest BCUT2D eigenvalue weighted by Crippen LogP contribution is -2.40. The second kappa shape index (κ2) is 11.7. The zero-order chi connectivity index (χ0) is 15.6. The molecule has 0 radical (unpaired) electrons. The maximum atomic E-state index is 5.32. The molecule has 1 saturated heterocycles. The number of hydrogen-bond acceptors (Lipinski definition) is 3. The number of nitrogens with zero attached hydrogens (tertiary/aromatic N) is 2. The Balaban J connectivity index is 0.00000264. The van der Waals surface area contributed by atoms with Crippen LogP contribution in [0.4, 0.5) is 0 Å². The summed E-state index contributed by atoms with van der Waals surface area (Å²) in [6.45, 7) is 7.80. The van der Waals surface area contributed by atoms with Crippen LogP contribution < -0.4 is 10.6 Å². The molecule has 0 saturated carbocycles. The zero-order valence-corrected chi connectivity index (χ0v) is 16.7. The fraction of sp³-hybridized carbons (Fsp3) is 0.706. The molecule has 5 nitrogen and oxygen atoms in total. The van der Waals surface area contributed by atoms with Gasteiger partial charge in [-0.1, -0.05) is 6.92 Å². The van der Waals surface area contributed by atoms with Gasteiger partial charge in [0.25, 0.3) is 0 Å². The lowest BCUT2D eigenvalue weighted by atomic mass is 9.93. The third kappa shape index (κ3) is 7.56. The van der Waals surface area contributed by atoms with Crippen molar-refractivity contribution in [3.63, 3.8) is 0 Å². The molecule has 2 heterocycles.